The largest absolute Gasteiger partial charge is 0.493 e. The molecule has 3 aromatic carbocycles. The summed E-state index contributed by atoms with van der Waals surface area (Å²) in [7, 11) is 1.51. The van der Waals surface area contributed by atoms with Crippen molar-refractivity contribution < 1.29 is 14.3 Å². The van der Waals surface area contributed by atoms with Crippen LogP contribution in [-0.2, 0) is 11.2 Å². The lowest BCUT2D eigenvalue weighted by Gasteiger charge is -2.12. The molecule has 0 saturated carbocycles. The van der Waals surface area contributed by atoms with Crippen molar-refractivity contribution in [1.29, 1.82) is 0 Å². The number of carbonyl (C=O) groups is 1. The second-order valence-corrected chi connectivity index (χ2v) is 9.41. The van der Waals surface area contributed by atoms with Crippen LogP contribution < -0.4 is 20.3 Å². The molecule has 1 aromatic heterocycles. The van der Waals surface area contributed by atoms with E-state index in [1.54, 1.807) is 54.7 Å². The number of methoxy groups -OCH3 is 1. The van der Waals surface area contributed by atoms with Gasteiger partial charge in [-0.3, -0.25) is 9.59 Å². The molecule has 0 unspecified atom stereocenters. The van der Waals surface area contributed by atoms with E-state index in [9.17, 15) is 9.59 Å². The summed E-state index contributed by atoms with van der Waals surface area (Å²) in [5.41, 5.74) is 1.68. The number of rotatable bonds is 9. The molecule has 37 heavy (non-hydrogen) atoms. The van der Waals surface area contributed by atoms with Gasteiger partial charge in [-0.15, -0.1) is 0 Å². The van der Waals surface area contributed by atoms with Gasteiger partial charge in [0.05, 0.1) is 24.2 Å². The van der Waals surface area contributed by atoms with Crippen LogP contribution in [0.15, 0.2) is 75.0 Å². The standard InChI is InChI=1S/C27H24BrClN4O4/c1-3-4-25-32-22-11-6-18(28)14-21(22)27(35)33(25)30-15-17-5-12-23(24(13-17)36-2)37-16-26(34)31-20-9-7-19(29)8-10-20/h5-15H,3-4,16H2,1-2H3,(H,31,34). The Labute approximate surface area is 227 Å². The van der Waals surface area contributed by atoms with Crippen molar-refractivity contribution in [2.75, 3.05) is 19.0 Å². The summed E-state index contributed by atoms with van der Waals surface area (Å²) in [4.78, 5) is 30.1. The third-order valence-corrected chi connectivity index (χ3v) is 6.09. The van der Waals surface area contributed by atoms with Crippen LogP contribution in [0, 0.1) is 0 Å². The minimum Gasteiger partial charge on any atom is -0.493 e. The normalized spacial score (nSPS) is 11.1. The number of benzene rings is 3. The fraction of sp³-hybridized carbons (Fsp3) is 0.185. The van der Waals surface area contributed by atoms with Crippen LogP contribution >= 0.6 is 27.5 Å². The molecule has 0 atom stereocenters. The smallest absolute Gasteiger partial charge is 0.282 e. The summed E-state index contributed by atoms with van der Waals surface area (Å²) in [5.74, 6) is 1.07. The minimum absolute atomic E-state index is 0.208. The number of amides is 1. The van der Waals surface area contributed by atoms with E-state index in [2.05, 4.69) is 31.3 Å². The average Bonchev–Trinajstić information content (AvgIpc) is 2.89. The molecule has 4 rings (SSSR count). The Morgan fingerprint density at radius 2 is 1.92 bits per heavy atom. The lowest BCUT2D eigenvalue weighted by Crippen LogP contribution is -2.22. The molecule has 0 bridgehead atoms. The van der Waals surface area contributed by atoms with Gasteiger partial charge < -0.3 is 14.8 Å². The second kappa shape index (κ2) is 12.0. The quantitative estimate of drug-likeness (QED) is 0.256. The molecule has 1 heterocycles. The highest BCUT2D eigenvalue weighted by Crippen LogP contribution is 2.27. The van der Waals surface area contributed by atoms with Crippen LogP contribution in [-0.4, -0.2) is 35.5 Å². The van der Waals surface area contributed by atoms with Gasteiger partial charge in [0.2, 0.25) is 0 Å². The molecule has 1 N–H and O–H groups in total. The average molecular weight is 584 g/mol. The fourth-order valence-electron chi connectivity index (χ4n) is 3.58. The second-order valence-electron chi connectivity index (χ2n) is 8.06. The molecular weight excluding hydrogens is 560 g/mol. The van der Waals surface area contributed by atoms with Gasteiger partial charge in [-0.1, -0.05) is 34.5 Å². The van der Waals surface area contributed by atoms with Gasteiger partial charge in [-0.2, -0.15) is 9.78 Å². The van der Waals surface area contributed by atoms with E-state index in [0.717, 1.165) is 10.9 Å². The predicted molar refractivity (Wildman–Crippen MR) is 149 cm³/mol. The number of ether oxygens (including phenoxy) is 2. The Morgan fingerprint density at radius 1 is 1.14 bits per heavy atom. The molecule has 0 spiro atoms. The third-order valence-electron chi connectivity index (χ3n) is 5.35. The molecule has 1 amide bonds. The molecule has 0 radical (unpaired) electrons. The predicted octanol–water partition coefficient (Wildman–Crippen LogP) is 5.67. The van der Waals surface area contributed by atoms with Gasteiger partial charge in [-0.05, 0) is 72.6 Å². The van der Waals surface area contributed by atoms with Crippen molar-refractivity contribution in [2.45, 2.75) is 19.8 Å². The molecular formula is C27H24BrClN4O4. The van der Waals surface area contributed by atoms with Crippen LogP contribution in [0.5, 0.6) is 11.5 Å². The first kappa shape index (κ1) is 26.4. The van der Waals surface area contributed by atoms with Crippen molar-refractivity contribution in [3.05, 3.63) is 91.9 Å². The SMILES string of the molecule is CCCc1nc2ccc(Br)cc2c(=O)n1N=Cc1ccc(OCC(=O)Nc2ccc(Cl)cc2)c(OC)c1. The number of nitrogens with zero attached hydrogens (tertiary/aromatic N) is 3. The Kier molecular flexibility index (Phi) is 8.58. The Bertz CT molecular complexity index is 1520. The summed E-state index contributed by atoms with van der Waals surface area (Å²) in [6, 6.07) is 17.3. The fourth-order valence-corrected chi connectivity index (χ4v) is 4.07. The van der Waals surface area contributed by atoms with Crippen LogP contribution in [0.25, 0.3) is 10.9 Å². The Hall–Kier alpha value is -3.69. The van der Waals surface area contributed by atoms with Gasteiger partial charge in [0, 0.05) is 21.6 Å². The number of aromatic nitrogens is 2. The van der Waals surface area contributed by atoms with E-state index >= 15 is 0 Å². The Morgan fingerprint density at radius 3 is 2.65 bits per heavy atom. The summed E-state index contributed by atoms with van der Waals surface area (Å²) in [5, 5.41) is 8.23. The molecule has 0 aliphatic carbocycles. The number of fused-ring (bicyclic) bond motifs is 1. The molecule has 4 aromatic rings. The van der Waals surface area contributed by atoms with E-state index in [4.69, 9.17) is 21.1 Å². The summed E-state index contributed by atoms with van der Waals surface area (Å²) < 4.78 is 13.2. The first-order valence-corrected chi connectivity index (χ1v) is 12.7. The van der Waals surface area contributed by atoms with Crippen molar-refractivity contribution >= 4 is 56.2 Å². The summed E-state index contributed by atoms with van der Waals surface area (Å²) in [6.45, 7) is 1.81. The first-order chi connectivity index (χ1) is 17.9. The van der Waals surface area contributed by atoms with Gasteiger partial charge in [0.15, 0.2) is 18.1 Å². The van der Waals surface area contributed by atoms with E-state index in [0.29, 0.717) is 50.9 Å². The van der Waals surface area contributed by atoms with Crippen LogP contribution in [0.2, 0.25) is 5.02 Å². The van der Waals surface area contributed by atoms with Crippen LogP contribution in [0.1, 0.15) is 24.7 Å². The number of nitrogens with one attached hydrogen (secondary N) is 1. The van der Waals surface area contributed by atoms with Gasteiger partial charge >= 0.3 is 0 Å². The van der Waals surface area contributed by atoms with Gasteiger partial charge in [0.25, 0.3) is 11.5 Å². The van der Waals surface area contributed by atoms with E-state index in [1.807, 2.05) is 19.1 Å². The van der Waals surface area contributed by atoms with Crippen molar-refractivity contribution in [3.63, 3.8) is 0 Å². The maximum atomic E-state index is 13.2. The highest BCUT2D eigenvalue weighted by molar-refractivity contribution is 9.10. The molecule has 0 fully saturated rings. The van der Waals surface area contributed by atoms with Gasteiger partial charge in [-0.25, -0.2) is 4.98 Å². The minimum atomic E-state index is -0.326. The number of halogens is 2. The number of carbonyl (C=O) groups excluding carboxylic acids is 1. The maximum Gasteiger partial charge on any atom is 0.282 e. The van der Waals surface area contributed by atoms with Crippen LogP contribution in [0.4, 0.5) is 5.69 Å². The van der Waals surface area contributed by atoms with E-state index in [1.165, 1.54) is 11.8 Å². The van der Waals surface area contributed by atoms with E-state index in [-0.39, 0.29) is 18.1 Å². The zero-order valence-electron chi connectivity index (χ0n) is 20.2. The number of anilines is 1. The number of hydrogen-bond acceptors (Lipinski definition) is 6. The van der Waals surface area contributed by atoms with Crippen molar-refractivity contribution in [3.8, 4) is 11.5 Å². The van der Waals surface area contributed by atoms with Crippen molar-refractivity contribution in [1.82, 2.24) is 9.66 Å². The topological polar surface area (TPSA) is 94.8 Å². The molecule has 10 heteroatoms. The Balaban J connectivity index is 1.52. The molecule has 190 valence electrons. The molecule has 8 nitrogen and oxygen atoms in total. The van der Waals surface area contributed by atoms with E-state index < -0.39 is 0 Å². The lowest BCUT2D eigenvalue weighted by atomic mass is 10.2. The molecule has 0 aliphatic rings. The maximum absolute atomic E-state index is 13.2. The van der Waals surface area contributed by atoms with Crippen molar-refractivity contribution in [2.24, 2.45) is 5.10 Å². The summed E-state index contributed by atoms with van der Waals surface area (Å²) >= 11 is 9.28. The molecule has 0 saturated heterocycles. The first-order valence-electron chi connectivity index (χ1n) is 11.5. The monoisotopic (exact) mass is 582 g/mol. The lowest BCUT2D eigenvalue weighted by molar-refractivity contribution is -0.118. The number of hydrogen-bond donors (Lipinski definition) is 1. The number of aryl methyl sites for hydroxylation is 1. The third kappa shape index (κ3) is 6.55. The van der Waals surface area contributed by atoms with Crippen LogP contribution in [0.3, 0.4) is 0 Å². The molecule has 0 aliphatic heterocycles. The summed E-state index contributed by atoms with van der Waals surface area (Å²) in [6.07, 6.45) is 2.98. The zero-order valence-corrected chi connectivity index (χ0v) is 22.5. The van der Waals surface area contributed by atoms with Gasteiger partial charge in [0.1, 0.15) is 5.82 Å². The zero-order chi connectivity index (χ0) is 26.4. The highest BCUT2D eigenvalue weighted by Gasteiger charge is 2.12. The highest BCUT2D eigenvalue weighted by atomic mass is 79.9.